The molecule has 1 aromatic heterocycles. The molecule has 1 rings (SSSR count). The third-order valence-electron chi connectivity index (χ3n) is 3.22. The minimum atomic E-state index is -3.15. The number of nitrogens with zero attached hydrogens (tertiary/aromatic N) is 1. The van der Waals surface area contributed by atoms with Gasteiger partial charge in [-0.05, 0) is 24.0 Å². The number of aromatic nitrogens is 1. The van der Waals surface area contributed by atoms with E-state index in [0.29, 0.717) is 10.8 Å². The lowest BCUT2D eigenvalue weighted by Crippen LogP contribution is -2.01. The number of unbranched alkanes of at least 4 members (excludes halogenated alkanes) is 3. The van der Waals surface area contributed by atoms with Crippen LogP contribution in [0, 0.1) is 0 Å². The van der Waals surface area contributed by atoms with E-state index >= 15 is 0 Å². The van der Waals surface area contributed by atoms with Crippen LogP contribution < -0.4 is 0 Å². The fourth-order valence-electron chi connectivity index (χ4n) is 1.95. The lowest BCUT2D eigenvalue weighted by atomic mass is 9.96. The summed E-state index contributed by atoms with van der Waals surface area (Å²) >= 11 is 0. The van der Waals surface area contributed by atoms with Crippen LogP contribution in [0.25, 0.3) is 0 Å². The van der Waals surface area contributed by atoms with Gasteiger partial charge in [-0.3, -0.25) is 4.98 Å². The minimum Gasteiger partial charge on any atom is -0.263 e. The van der Waals surface area contributed by atoms with Gasteiger partial charge in [0.2, 0.25) is 0 Å². The zero-order valence-corrected chi connectivity index (χ0v) is 12.3. The van der Waals surface area contributed by atoms with E-state index in [0.717, 1.165) is 12.0 Å². The Bertz CT molecular complexity index is 468. The van der Waals surface area contributed by atoms with Gasteiger partial charge >= 0.3 is 0 Å². The first kappa shape index (κ1) is 15.2. The van der Waals surface area contributed by atoms with Gasteiger partial charge in [-0.2, -0.15) is 0 Å². The average Bonchev–Trinajstić information content (AvgIpc) is 2.33. The molecule has 0 aliphatic rings. The van der Waals surface area contributed by atoms with Gasteiger partial charge in [0.1, 0.15) is 0 Å². The van der Waals surface area contributed by atoms with E-state index in [9.17, 15) is 8.42 Å². The second-order valence-electron chi connectivity index (χ2n) is 4.98. The van der Waals surface area contributed by atoms with Gasteiger partial charge in [-0.25, -0.2) is 8.42 Å². The standard InChI is InChI=1S/C14H23NO2S/c1-4-5-6-7-8-12(2)13-9-14(11-15-10-13)18(3,16)17/h9-12H,4-8H2,1-3H3. The Labute approximate surface area is 111 Å². The average molecular weight is 269 g/mol. The summed E-state index contributed by atoms with van der Waals surface area (Å²) in [7, 11) is -3.15. The maximum atomic E-state index is 11.5. The van der Waals surface area contributed by atoms with Gasteiger partial charge in [-0.15, -0.1) is 0 Å². The Morgan fingerprint density at radius 2 is 1.94 bits per heavy atom. The molecule has 1 heterocycles. The van der Waals surface area contributed by atoms with Crippen LogP contribution in [0.15, 0.2) is 23.4 Å². The fraction of sp³-hybridized carbons (Fsp3) is 0.643. The molecule has 1 unspecified atom stereocenters. The number of hydrogen-bond donors (Lipinski definition) is 0. The van der Waals surface area contributed by atoms with Gasteiger partial charge in [-0.1, -0.05) is 39.5 Å². The first-order valence-electron chi connectivity index (χ1n) is 6.60. The molecule has 0 amide bonds. The summed E-state index contributed by atoms with van der Waals surface area (Å²) < 4.78 is 22.9. The van der Waals surface area contributed by atoms with Crippen LogP contribution in [-0.4, -0.2) is 19.7 Å². The smallest absolute Gasteiger partial charge is 0.177 e. The number of rotatable bonds is 7. The van der Waals surface area contributed by atoms with Crippen molar-refractivity contribution in [1.29, 1.82) is 0 Å². The third kappa shape index (κ3) is 4.77. The normalized spacial score (nSPS) is 13.5. The highest BCUT2D eigenvalue weighted by Crippen LogP contribution is 2.23. The lowest BCUT2D eigenvalue weighted by Gasteiger charge is -2.12. The van der Waals surface area contributed by atoms with Crippen molar-refractivity contribution in [2.75, 3.05) is 6.26 Å². The molecule has 0 aliphatic heterocycles. The molecule has 0 saturated heterocycles. The van der Waals surface area contributed by atoms with Crippen LogP contribution >= 0.6 is 0 Å². The second-order valence-corrected chi connectivity index (χ2v) is 6.99. The lowest BCUT2D eigenvalue weighted by molar-refractivity contribution is 0.577. The molecule has 0 fully saturated rings. The molecular formula is C14H23NO2S. The summed E-state index contributed by atoms with van der Waals surface area (Å²) in [5, 5.41) is 0. The second kappa shape index (κ2) is 6.88. The van der Waals surface area contributed by atoms with Crippen molar-refractivity contribution >= 4 is 9.84 Å². The molecular weight excluding hydrogens is 246 g/mol. The third-order valence-corrected chi connectivity index (χ3v) is 4.30. The van der Waals surface area contributed by atoms with Crippen molar-refractivity contribution in [2.24, 2.45) is 0 Å². The molecule has 0 spiro atoms. The van der Waals surface area contributed by atoms with Gasteiger partial charge < -0.3 is 0 Å². The van der Waals surface area contributed by atoms with Crippen molar-refractivity contribution in [3.8, 4) is 0 Å². The zero-order chi connectivity index (χ0) is 13.6. The Balaban J connectivity index is 2.66. The predicted octanol–water partition coefficient (Wildman–Crippen LogP) is 3.56. The van der Waals surface area contributed by atoms with E-state index in [4.69, 9.17) is 0 Å². The SMILES string of the molecule is CCCCCCC(C)c1cncc(S(C)(=O)=O)c1. The van der Waals surface area contributed by atoms with Crippen molar-refractivity contribution in [3.05, 3.63) is 24.0 Å². The Hall–Kier alpha value is -0.900. The molecule has 3 nitrogen and oxygen atoms in total. The van der Waals surface area contributed by atoms with E-state index in [2.05, 4.69) is 18.8 Å². The van der Waals surface area contributed by atoms with E-state index in [1.54, 1.807) is 12.3 Å². The van der Waals surface area contributed by atoms with Crippen molar-refractivity contribution in [2.45, 2.75) is 56.8 Å². The summed E-state index contributed by atoms with van der Waals surface area (Å²) in [5.41, 5.74) is 1.02. The Morgan fingerprint density at radius 1 is 1.22 bits per heavy atom. The summed E-state index contributed by atoms with van der Waals surface area (Å²) in [6, 6.07) is 1.76. The van der Waals surface area contributed by atoms with E-state index in [1.165, 1.54) is 38.1 Å². The largest absolute Gasteiger partial charge is 0.263 e. The topological polar surface area (TPSA) is 47.0 Å². The maximum absolute atomic E-state index is 11.5. The Morgan fingerprint density at radius 3 is 2.56 bits per heavy atom. The van der Waals surface area contributed by atoms with Crippen molar-refractivity contribution in [3.63, 3.8) is 0 Å². The molecule has 0 bridgehead atoms. The summed E-state index contributed by atoms with van der Waals surface area (Å²) in [4.78, 5) is 4.36. The quantitative estimate of drug-likeness (QED) is 0.711. The monoisotopic (exact) mass is 269 g/mol. The van der Waals surface area contributed by atoms with Crippen LogP contribution in [0.5, 0.6) is 0 Å². The zero-order valence-electron chi connectivity index (χ0n) is 11.5. The molecule has 0 aromatic carbocycles. The van der Waals surface area contributed by atoms with E-state index in [-0.39, 0.29) is 0 Å². The number of hydrogen-bond acceptors (Lipinski definition) is 3. The van der Waals surface area contributed by atoms with Crippen molar-refractivity contribution < 1.29 is 8.42 Å². The van der Waals surface area contributed by atoms with E-state index < -0.39 is 9.84 Å². The first-order valence-corrected chi connectivity index (χ1v) is 8.49. The van der Waals surface area contributed by atoms with E-state index in [1.807, 2.05) is 0 Å². The summed E-state index contributed by atoms with van der Waals surface area (Å²) in [6.45, 7) is 4.33. The van der Waals surface area contributed by atoms with Gasteiger partial charge in [0.05, 0.1) is 4.90 Å². The van der Waals surface area contributed by atoms with Crippen LogP contribution in [0.2, 0.25) is 0 Å². The summed E-state index contributed by atoms with van der Waals surface area (Å²) in [5.74, 6) is 0.371. The molecule has 0 aliphatic carbocycles. The van der Waals surface area contributed by atoms with Crippen LogP contribution in [-0.2, 0) is 9.84 Å². The predicted molar refractivity (Wildman–Crippen MR) is 74.5 cm³/mol. The van der Waals surface area contributed by atoms with Crippen LogP contribution in [0.3, 0.4) is 0 Å². The fourth-order valence-corrected chi connectivity index (χ4v) is 2.55. The molecule has 0 N–H and O–H groups in total. The van der Waals surface area contributed by atoms with Crippen LogP contribution in [0.1, 0.15) is 57.4 Å². The van der Waals surface area contributed by atoms with Gasteiger partial charge in [0.25, 0.3) is 0 Å². The first-order chi connectivity index (χ1) is 8.45. The minimum absolute atomic E-state index is 0.320. The molecule has 102 valence electrons. The van der Waals surface area contributed by atoms with Gasteiger partial charge in [0.15, 0.2) is 9.84 Å². The summed E-state index contributed by atoms with van der Waals surface area (Å²) in [6.07, 6.45) is 10.5. The van der Waals surface area contributed by atoms with Crippen molar-refractivity contribution in [1.82, 2.24) is 4.98 Å². The highest BCUT2D eigenvalue weighted by atomic mass is 32.2. The van der Waals surface area contributed by atoms with Crippen LogP contribution in [0.4, 0.5) is 0 Å². The number of sulfone groups is 1. The molecule has 1 aromatic rings. The molecule has 0 saturated carbocycles. The number of pyridine rings is 1. The molecule has 0 radical (unpaired) electrons. The molecule has 1 atom stereocenters. The maximum Gasteiger partial charge on any atom is 0.177 e. The van der Waals surface area contributed by atoms with Gasteiger partial charge in [0, 0.05) is 18.6 Å². The molecule has 4 heteroatoms. The Kier molecular flexibility index (Phi) is 5.79. The highest BCUT2D eigenvalue weighted by molar-refractivity contribution is 7.90. The molecule has 18 heavy (non-hydrogen) atoms. The highest BCUT2D eigenvalue weighted by Gasteiger charge is 2.11.